The molecule has 2 heterocycles. The quantitative estimate of drug-likeness (QED) is 0.463. The van der Waals surface area contributed by atoms with E-state index in [9.17, 15) is 4.79 Å². The number of aryl methyl sites for hydroxylation is 1. The van der Waals surface area contributed by atoms with E-state index >= 15 is 0 Å². The fourth-order valence-electron chi connectivity index (χ4n) is 3.32. The largest absolute Gasteiger partial charge is 0.345 e. The van der Waals surface area contributed by atoms with E-state index in [1.165, 1.54) is 0 Å². The molecular formula is C22H22N6OS. The Balaban J connectivity index is 1.69. The summed E-state index contributed by atoms with van der Waals surface area (Å²) in [6, 6.07) is 17.7. The van der Waals surface area contributed by atoms with Gasteiger partial charge in [-0.15, -0.1) is 0 Å². The number of para-hydroxylation sites is 1. The van der Waals surface area contributed by atoms with Crippen LogP contribution >= 0.6 is 12.2 Å². The van der Waals surface area contributed by atoms with Crippen LogP contribution < -0.4 is 5.32 Å². The van der Waals surface area contributed by atoms with Crippen LogP contribution in [-0.2, 0) is 13.1 Å². The van der Waals surface area contributed by atoms with Crippen molar-refractivity contribution in [1.29, 1.82) is 0 Å². The van der Waals surface area contributed by atoms with Gasteiger partial charge in [-0.05, 0) is 44.3 Å². The first-order valence-corrected chi connectivity index (χ1v) is 10.1. The third kappa shape index (κ3) is 3.95. The number of H-pyrrole nitrogens is 1. The molecule has 4 aromatic rings. The number of nitrogens with zero attached hydrogens (tertiary/aromatic N) is 4. The monoisotopic (exact) mass is 418 g/mol. The van der Waals surface area contributed by atoms with E-state index in [-0.39, 0.29) is 12.5 Å². The van der Waals surface area contributed by atoms with Crippen molar-refractivity contribution < 1.29 is 4.79 Å². The highest BCUT2D eigenvalue weighted by molar-refractivity contribution is 7.71. The van der Waals surface area contributed by atoms with Gasteiger partial charge in [-0.1, -0.05) is 42.0 Å². The summed E-state index contributed by atoms with van der Waals surface area (Å²) < 4.78 is 4.12. The van der Waals surface area contributed by atoms with Crippen molar-refractivity contribution >= 4 is 18.1 Å². The van der Waals surface area contributed by atoms with Crippen LogP contribution in [0.15, 0.2) is 60.8 Å². The third-order valence-corrected chi connectivity index (χ3v) is 5.14. The van der Waals surface area contributed by atoms with Crippen LogP contribution in [0.25, 0.3) is 16.9 Å². The lowest BCUT2D eigenvalue weighted by Crippen LogP contribution is -2.25. The van der Waals surface area contributed by atoms with Gasteiger partial charge < -0.3 is 9.88 Å². The van der Waals surface area contributed by atoms with Gasteiger partial charge in [0.1, 0.15) is 5.69 Å². The second kappa shape index (κ2) is 8.46. The van der Waals surface area contributed by atoms with Gasteiger partial charge in [0.2, 0.25) is 0 Å². The summed E-state index contributed by atoms with van der Waals surface area (Å²) in [5.41, 5.74) is 4.02. The van der Waals surface area contributed by atoms with Gasteiger partial charge in [0.15, 0.2) is 10.6 Å². The van der Waals surface area contributed by atoms with Crippen LogP contribution in [0.2, 0.25) is 0 Å². The van der Waals surface area contributed by atoms with Crippen molar-refractivity contribution in [3.63, 3.8) is 0 Å². The maximum Gasteiger partial charge on any atom is 0.255 e. The lowest BCUT2D eigenvalue weighted by atomic mass is 10.1. The van der Waals surface area contributed by atoms with E-state index in [1.54, 1.807) is 10.9 Å². The minimum atomic E-state index is -0.217. The summed E-state index contributed by atoms with van der Waals surface area (Å²) in [6.07, 6.45) is 1.76. The van der Waals surface area contributed by atoms with Gasteiger partial charge in [0, 0.05) is 18.3 Å². The minimum Gasteiger partial charge on any atom is -0.345 e. The molecule has 4 rings (SSSR count). The fraction of sp³-hybridized carbons (Fsp3) is 0.182. The molecule has 2 aromatic carbocycles. The summed E-state index contributed by atoms with van der Waals surface area (Å²) in [7, 11) is 0. The molecule has 0 radical (unpaired) electrons. The summed E-state index contributed by atoms with van der Waals surface area (Å²) in [5.74, 6) is 0.466. The van der Waals surface area contributed by atoms with Gasteiger partial charge in [-0.2, -0.15) is 10.2 Å². The van der Waals surface area contributed by atoms with Crippen LogP contribution in [0.5, 0.6) is 0 Å². The van der Waals surface area contributed by atoms with Crippen LogP contribution in [0.4, 0.5) is 0 Å². The number of nitrogens with one attached hydrogen (secondary N) is 2. The standard InChI is InChI=1S/C22H22N6OS/c1-3-27-19(24-25-22(27)30)13-23-21(29)18-14-28(17-10-5-4-6-11-17)26-20(18)16-9-7-8-15(2)12-16/h4-12,14H,3,13H2,1-2H3,(H,23,29)(H,25,30). The maximum atomic E-state index is 13.1. The zero-order chi connectivity index (χ0) is 21.1. The van der Waals surface area contributed by atoms with Gasteiger partial charge in [-0.3, -0.25) is 9.89 Å². The number of carbonyl (C=O) groups excluding carboxylic acids is 1. The van der Waals surface area contributed by atoms with Gasteiger partial charge in [-0.25, -0.2) is 4.68 Å². The Morgan fingerprint density at radius 3 is 2.70 bits per heavy atom. The molecule has 2 aromatic heterocycles. The first-order valence-electron chi connectivity index (χ1n) is 9.71. The second-order valence-electron chi connectivity index (χ2n) is 6.91. The van der Waals surface area contributed by atoms with E-state index in [2.05, 4.69) is 15.5 Å². The van der Waals surface area contributed by atoms with E-state index in [0.29, 0.717) is 28.4 Å². The average molecular weight is 419 g/mol. The van der Waals surface area contributed by atoms with Gasteiger partial charge in [0.05, 0.1) is 17.8 Å². The van der Waals surface area contributed by atoms with Gasteiger partial charge in [0.25, 0.3) is 5.91 Å². The molecule has 0 atom stereocenters. The molecule has 0 aliphatic carbocycles. The number of aromatic nitrogens is 5. The molecule has 0 spiro atoms. The molecule has 7 nitrogen and oxygen atoms in total. The molecule has 2 N–H and O–H groups in total. The van der Waals surface area contributed by atoms with Crippen LogP contribution in [0.1, 0.15) is 28.7 Å². The number of hydrogen-bond acceptors (Lipinski definition) is 4. The number of benzene rings is 2. The van der Waals surface area contributed by atoms with Crippen molar-refractivity contribution in [2.24, 2.45) is 0 Å². The van der Waals surface area contributed by atoms with E-state index in [0.717, 1.165) is 16.8 Å². The zero-order valence-corrected chi connectivity index (χ0v) is 17.6. The molecule has 0 saturated heterocycles. The average Bonchev–Trinajstić information content (AvgIpc) is 3.36. The Bertz CT molecular complexity index is 1240. The molecule has 0 saturated carbocycles. The van der Waals surface area contributed by atoms with Crippen molar-refractivity contribution in [2.45, 2.75) is 26.9 Å². The molecule has 0 aliphatic heterocycles. The lowest BCUT2D eigenvalue weighted by molar-refractivity contribution is 0.0950. The summed E-state index contributed by atoms with van der Waals surface area (Å²) in [6.45, 7) is 4.95. The number of rotatable bonds is 6. The zero-order valence-electron chi connectivity index (χ0n) is 16.8. The number of carbonyl (C=O) groups is 1. The Hall–Kier alpha value is -3.52. The highest BCUT2D eigenvalue weighted by Gasteiger charge is 2.19. The first-order chi connectivity index (χ1) is 14.6. The van der Waals surface area contributed by atoms with Crippen LogP contribution in [0, 0.1) is 11.7 Å². The Labute approximate surface area is 179 Å². The smallest absolute Gasteiger partial charge is 0.255 e. The second-order valence-corrected chi connectivity index (χ2v) is 7.30. The highest BCUT2D eigenvalue weighted by Crippen LogP contribution is 2.24. The predicted molar refractivity (Wildman–Crippen MR) is 118 cm³/mol. The Morgan fingerprint density at radius 1 is 1.17 bits per heavy atom. The predicted octanol–water partition coefficient (Wildman–Crippen LogP) is 4.05. The van der Waals surface area contributed by atoms with E-state index in [4.69, 9.17) is 17.3 Å². The molecule has 1 amide bonds. The van der Waals surface area contributed by atoms with Crippen molar-refractivity contribution in [3.8, 4) is 16.9 Å². The molecular weight excluding hydrogens is 396 g/mol. The first kappa shape index (κ1) is 19.8. The fourth-order valence-corrected chi connectivity index (χ4v) is 3.60. The highest BCUT2D eigenvalue weighted by atomic mass is 32.1. The molecule has 152 valence electrons. The van der Waals surface area contributed by atoms with Crippen molar-refractivity contribution in [2.75, 3.05) is 0 Å². The Morgan fingerprint density at radius 2 is 1.97 bits per heavy atom. The number of amides is 1. The van der Waals surface area contributed by atoms with E-state index in [1.807, 2.05) is 73.0 Å². The maximum absolute atomic E-state index is 13.1. The summed E-state index contributed by atoms with van der Waals surface area (Å²) in [5, 5.41) is 14.6. The molecule has 0 unspecified atom stereocenters. The summed E-state index contributed by atoms with van der Waals surface area (Å²) in [4.78, 5) is 13.1. The summed E-state index contributed by atoms with van der Waals surface area (Å²) >= 11 is 5.22. The molecule has 0 fully saturated rings. The van der Waals surface area contributed by atoms with Gasteiger partial charge >= 0.3 is 0 Å². The third-order valence-electron chi connectivity index (χ3n) is 4.83. The lowest BCUT2D eigenvalue weighted by Gasteiger charge is -2.07. The van der Waals surface area contributed by atoms with E-state index < -0.39 is 0 Å². The van der Waals surface area contributed by atoms with Crippen molar-refractivity contribution in [1.82, 2.24) is 29.9 Å². The Kier molecular flexibility index (Phi) is 5.58. The number of aromatic amines is 1. The van der Waals surface area contributed by atoms with Crippen molar-refractivity contribution in [3.05, 3.63) is 82.5 Å². The topological polar surface area (TPSA) is 80.5 Å². The van der Waals surface area contributed by atoms with Crippen LogP contribution in [-0.4, -0.2) is 30.5 Å². The SMILES string of the molecule is CCn1c(CNC(=O)c2cn(-c3ccccc3)nc2-c2cccc(C)c2)n[nH]c1=S. The molecule has 8 heteroatoms. The molecule has 0 aliphatic rings. The minimum absolute atomic E-state index is 0.217. The molecule has 30 heavy (non-hydrogen) atoms. The van der Waals surface area contributed by atoms with Crippen LogP contribution in [0.3, 0.4) is 0 Å². The number of hydrogen-bond donors (Lipinski definition) is 2. The normalized spacial score (nSPS) is 10.9. The molecule has 0 bridgehead atoms.